The van der Waals surface area contributed by atoms with Gasteiger partial charge < -0.3 is 0 Å². The smallest absolute Gasteiger partial charge is 0.187 e. The van der Waals surface area contributed by atoms with E-state index in [1.54, 1.807) is 0 Å². The molecule has 0 aliphatic carbocycles. The van der Waals surface area contributed by atoms with E-state index in [0.29, 0.717) is 0 Å². The lowest BCUT2D eigenvalue weighted by Crippen LogP contribution is -2.65. The lowest BCUT2D eigenvalue weighted by Gasteiger charge is -2.27. The third-order valence-electron chi connectivity index (χ3n) is 0.993. The van der Waals surface area contributed by atoms with Crippen LogP contribution in [0.5, 0.6) is 0 Å². The van der Waals surface area contributed by atoms with Crippen LogP contribution in [0, 0.1) is 0 Å². The largest absolute Gasteiger partial charge is 0.252 e. The van der Waals surface area contributed by atoms with Crippen molar-refractivity contribution in [3.63, 3.8) is 0 Å². The van der Waals surface area contributed by atoms with Crippen LogP contribution in [-0.4, -0.2) is 12.5 Å². The normalized spacial score (nSPS) is 48.0. The Morgan fingerprint density at radius 2 is 1.57 bits per heavy atom. The van der Waals surface area contributed by atoms with Crippen LogP contribution in [0.15, 0.2) is 0 Å². The predicted molar refractivity (Wildman–Crippen MR) is 19.2 cm³/mol. The summed E-state index contributed by atoms with van der Waals surface area (Å²) < 4.78 is 0. The molecule has 0 aromatic heterocycles. The van der Waals surface area contributed by atoms with Gasteiger partial charge in [-0.25, -0.2) is 10.9 Å². The van der Waals surface area contributed by atoms with Crippen LogP contribution in [-0.2, 0) is 9.68 Å². The first-order valence-corrected chi connectivity index (χ1v) is 2.04. The Hall–Kier alpha value is -0.200. The van der Waals surface area contributed by atoms with Gasteiger partial charge in [-0.2, -0.15) is 0 Å². The van der Waals surface area contributed by atoms with E-state index >= 15 is 0 Å². The van der Waals surface area contributed by atoms with E-state index < -0.39 is 0 Å². The first-order chi connectivity index (χ1) is 3.47. The van der Waals surface area contributed by atoms with E-state index in [2.05, 4.69) is 16.5 Å². The van der Waals surface area contributed by atoms with Crippen molar-refractivity contribution in [1.82, 2.24) is 16.5 Å². The van der Waals surface area contributed by atoms with Crippen molar-refractivity contribution in [2.45, 2.75) is 12.5 Å². The van der Waals surface area contributed by atoms with Crippen LogP contribution in [0.25, 0.3) is 0 Å². The number of hydrazine groups is 1. The zero-order valence-corrected chi connectivity index (χ0v) is 3.47. The van der Waals surface area contributed by atoms with Crippen molar-refractivity contribution in [2.75, 3.05) is 0 Å². The first kappa shape index (κ1) is 3.76. The second-order valence-electron chi connectivity index (χ2n) is 1.45. The van der Waals surface area contributed by atoms with Crippen molar-refractivity contribution in [3.8, 4) is 0 Å². The highest BCUT2D eigenvalue weighted by atomic mass is 17.0. The lowest BCUT2D eigenvalue weighted by molar-refractivity contribution is -0.0848. The monoisotopic (exact) mass is 103 g/mol. The Labute approximate surface area is 39.8 Å². The molecule has 0 aromatic rings. The van der Waals surface area contributed by atoms with Gasteiger partial charge in [0.05, 0.1) is 0 Å². The second kappa shape index (κ2) is 1.15. The molecule has 2 unspecified atom stereocenters. The summed E-state index contributed by atoms with van der Waals surface area (Å²) in [6, 6.07) is 0. The van der Waals surface area contributed by atoms with Crippen molar-refractivity contribution < 1.29 is 9.68 Å². The van der Waals surface area contributed by atoms with E-state index in [1.807, 2.05) is 0 Å². The van der Waals surface area contributed by atoms with Crippen LogP contribution in [0.4, 0.5) is 0 Å². The summed E-state index contributed by atoms with van der Waals surface area (Å²) in [6.07, 6.45) is -0.000000000000000222. The summed E-state index contributed by atoms with van der Waals surface area (Å²) in [5, 5.41) is 0. The fourth-order valence-electron chi connectivity index (χ4n) is 0.533. The van der Waals surface area contributed by atoms with Gasteiger partial charge in [0.15, 0.2) is 12.5 Å². The standard InChI is InChI=1S/C2H5N3O2/c3-1-2(4-3)7-5-6-1/h1-5H. The third-order valence-corrected chi connectivity index (χ3v) is 0.993. The zero-order valence-electron chi connectivity index (χ0n) is 3.47. The Morgan fingerprint density at radius 1 is 1.00 bits per heavy atom. The zero-order chi connectivity index (χ0) is 4.69. The van der Waals surface area contributed by atoms with Gasteiger partial charge in [-0.1, -0.05) is 5.64 Å². The van der Waals surface area contributed by atoms with Crippen LogP contribution in [0.2, 0.25) is 0 Å². The number of fused-ring (bicyclic) bond motifs is 1. The fraction of sp³-hybridized carbons (Fsp3) is 1.00. The quantitative estimate of drug-likeness (QED) is 0.338. The Kier molecular flexibility index (Phi) is 0.615. The maximum Gasteiger partial charge on any atom is 0.187 e. The van der Waals surface area contributed by atoms with Crippen LogP contribution < -0.4 is 16.5 Å². The molecule has 0 bridgehead atoms. The first-order valence-electron chi connectivity index (χ1n) is 2.04. The van der Waals surface area contributed by atoms with Gasteiger partial charge in [0.2, 0.25) is 0 Å². The van der Waals surface area contributed by atoms with Gasteiger partial charge in [0, 0.05) is 0 Å². The molecule has 0 aromatic carbocycles. The maximum absolute atomic E-state index is 4.71. The molecule has 40 valence electrons. The molecular formula is C2H5N3O2. The van der Waals surface area contributed by atoms with Gasteiger partial charge in [0.1, 0.15) is 0 Å². The Bertz CT molecular complexity index is 77.0. The van der Waals surface area contributed by atoms with Crippen molar-refractivity contribution in [3.05, 3.63) is 0 Å². The molecule has 5 heteroatoms. The number of nitrogens with one attached hydrogen (secondary N) is 3. The van der Waals surface area contributed by atoms with Gasteiger partial charge in [-0.05, 0) is 0 Å². The number of hydrogen-bond donors (Lipinski definition) is 3. The molecule has 2 atom stereocenters. The molecule has 7 heavy (non-hydrogen) atoms. The van der Waals surface area contributed by atoms with E-state index in [9.17, 15) is 0 Å². The molecule has 0 amide bonds. The molecule has 3 N–H and O–H groups in total. The number of rotatable bonds is 0. The molecule has 2 aliphatic heterocycles. The molecule has 5 nitrogen and oxygen atoms in total. The molecular weight excluding hydrogens is 98.0 g/mol. The Morgan fingerprint density at radius 3 is 1.86 bits per heavy atom. The van der Waals surface area contributed by atoms with Crippen molar-refractivity contribution >= 4 is 0 Å². The maximum atomic E-state index is 4.71. The summed E-state index contributed by atoms with van der Waals surface area (Å²) in [5.74, 6) is 0. The summed E-state index contributed by atoms with van der Waals surface area (Å²) >= 11 is 0. The van der Waals surface area contributed by atoms with E-state index in [4.69, 9.17) is 9.68 Å². The highest BCUT2D eigenvalue weighted by Crippen LogP contribution is 2.07. The van der Waals surface area contributed by atoms with Gasteiger partial charge in [-0.3, -0.25) is 9.68 Å². The minimum Gasteiger partial charge on any atom is -0.252 e. The molecule has 0 radical (unpaired) electrons. The second-order valence-corrected chi connectivity index (χ2v) is 1.45. The van der Waals surface area contributed by atoms with Crippen molar-refractivity contribution in [1.29, 1.82) is 0 Å². The van der Waals surface area contributed by atoms with E-state index in [-0.39, 0.29) is 12.5 Å². The molecule has 2 aliphatic rings. The summed E-state index contributed by atoms with van der Waals surface area (Å²) in [7, 11) is 0. The molecule has 0 saturated carbocycles. The summed E-state index contributed by atoms with van der Waals surface area (Å²) in [5.41, 5.74) is 7.75. The topological polar surface area (TPSA) is 54.5 Å². The molecule has 2 fully saturated rings. The van der Waals surface area contributed by atoms with E-state index in [1.165, 1.54) is 0 Å². The highest BCUT2D eigenvalue weighted by molar-refractivity contribution is 4.73. The van der Waals surface area contributed by atoms with Crippen LogP contribution in [0.1, 0.15) is 0 Å². The SMILES string of the molecule is N1OC2NNC2O1. The fourth-order valence-corrected chi connectivity index (χ4v) is 0.533. The summed E-state index contributed by atoms with van der Waals surface area (Å²) in [6.45, 7) is 0. The Balaban J connectivity index is 2.03. The minimum atomic E-state index is -0.000000000000000222. The van der Waals surface area contributed by atoms with Gasteiger partial charge in [0.25, 0.3) is 0 Å². The number of hydrogen-bond acceptors (Lipinski definition) is 5. The minimum absolute atomic E-state index is 0. The molecule has 0 spiro atoms. The van der Waals surface area contributed by atoms with Gasteiger partial charge >= 0.3 is 0 Å². The molecule has 2 rings (SSSR count). The van der Waals surface area contributed by atoms with Crippen LogP contribution in [0.3, 0.4) is 0 Å². The lowest BCUT2D eigenvalue weighted by atomic mass is 10.4. The molecule has 2 saturated heterocycles. The van der Waals surface area contributed by atoms with E-state index in [0.717, 1.165) is 0 Å². The predicted octanol–water partition coefficient (Wildman–Crippen LogP) is -1.79. The van der Waals surface area contributed by atoms with Crippen LogP contribution >= 0.6 is 0 Å². The highest BCUT2D eigenvalue weighted by Gasteiger charge is 2.37. The summed E-state index contributed by atoms with van der Waals surface area (Å²) in [4.78, 5) is 9.41. The van der Waals surface area contributed by atoms with Crippen molar-refractivity contribution in [2.24, 2.45) is 0 Å². The third kappa shape index (κ3) is 0.382. The van der Waals surface area contributed by atoms with Gasteiger partial charge in [-0.15, -0.1) is 0 Å². The average Bonchev–Trinajstić information content (AvgIpc) is 1.85. The average molecular weight is 103 g/mol. The molecule has 2 heterocycles.